The maximum atomic E-state index is 11.8. The number of carbonyl (C=O) groups is 1. The van der Waals surface area contributed by atoms with Crippen molar-refractivity contribution >= 4 is 11.7 Å². The van der Waals surface area contributed by atoms with Crippen LogP contribution in [0.5, 0.6) is 0 Å². The zero-order chi connectivity index (χ0) is 13.1. The van der Waals surface area contributed by atoms with Gasteiger partial charge in [0.1, 0.15) is 5.60 Å². The Hall–Kier alpha value is -1.55. The van der Waals surface area contributed by atoms with Crippen LogP contribution in [0.25, 0.3) is 0 Å². The average molecular weight is 236 g/mol. The van der Waals surface area contributed by atoms with Gasteiger partial charge in [-0.3, -0.25) is 0 Å². The van der Waals surface area contributed by atoms with Gasteiger partial charge in [-0.15, -0.1) is 0 Å². The van der Waals surface area contributed by atoms with Crippen molar-refractivity contribution in [2.45, 2.75) is 32.9 Å². The number of nitrogen functional groups attached to an aromatic ring is 1. The maximum absolute atomic E-state index is 11.8. The van der Waals surface area contributed by atoms with Crippen LogP contribution in [-0.2, 0) is 11.3 Å². The lowest BCUT2D eigenvalue weighted by molar-refractivity contribution is 0.00695. The summed E-state index contributed by atoms with van der Waals surface area (Å²) in [6.07, 6.45) is 0. The minimum absolute atomic E-state index is 0.324. The number of hydrogen-bond acceptors (Lipinski definition) is 4. The summed E-state index contributed by atoms with van der Waals surface area (Å²) in [6, 6.07) is 5.18. The van der Waals surface area contributed by atoms with E-state index in [1.807, 2.05) is 27.8 Å². The SMILES string of the molecule is CNCc1cc(C(=O)OC(C)(C)C)ccc1N. The molecule has 4 heteroatoms. The molecule has 0 fully saturated rings. The van der Waals surface area contributed by atoms with Crippen molar-refractivity contribution in [2.75, 3.05) is 12.8 Å². The fourth-order valence-corrected chi connectivity index (χ4v) is 1.41. The van der Waals surface area contributed by atoms with Gasteiger partial charge in [-0.2, -0.15) is 0 Å². The van der Waals surface area contributed by atoms with Gasteiger partial charge in [-0.25, -0.2) is 4.79 Å². The van der Waals surface area contributed by atoms with Gasteiger partial charge in [-0.1, -0.05) is 0 Å². The average Bonchev–Trinajstić information content (AvgIpc) is 2.19. The summed E-state index contributed by atoms with van der Waals surface area (Å²) in [5.41, 5.74) is 7.43. The second kappa shape index (κ2) is 5.19. The molecule has 0 saturated carbocycles. The molecule has 0 aromatic heterocycles. The Morgan fingerprint density at radius 2 is 2.06 bits per heavy atom. The predicted molar refractivity (Wildman–Crippen MR) is 68.8 cm³/mol. The number of anilines is 1. The van der Waals surface area contributed by atoms with Crippen LogP contribution in [0.4, 0.5) is 5.69 Å². The molecule has 0 radical (unpaired) electrons. The summed E-state index contributed by atoms with van der Waals surface area (Å²) in [7, 11) is 1.83. The predicted octanol–water partition coefficient (Wildman–Crippen LogP) is 1.94. The van der Waals surface area contributed by atoms with Gasteiger partial charge in [-0.05, 0) is 51.6 Å². The summed E-state index contributed by atoms with van der Waals surface area (Å²) in [5.74, 6) is -0.324. The summed E-state index contributed by atoms with van der Waals surface area (Å²) in [5, 5.41) is 3.01. The normalized spacial score (nSPS) is 11.3. The van der Waals surface area contributed by atoms with E-state index in [9.17, 15) is 4.79 Å². The Bertz CT molecular complexity index is 408. The third kappa shape index (κ3) is 4.07. The second-order valence-electron chi connectivity index (χ2n) is 4.95. The van der Waals surface area contributed by atoms with Crippen LogP contribution in [-0.4, -0.2) is 18.6 Å². The number of rotatable bonds is 3. The number of hydrogen-bond donors (Lipinski definition) is 2. The Labute approximate surface area is 102 Å². The quantitative estimate of drug-likeness (QED) is 0.622. The minimum atomic E-state index is -0.484. The van der Waals surface area contributed by atoms with E-state index in [2.05, 4.69) is 5.32 Å². The molecule has 4 nitrogen and oxygen atoms in total. The molecule has 0 aliphatic heterocycles. The summed E-state index contributed by atoms with van der Waals surface area (Å²) < 4.78 is 5.30. The van der Waals surface area contributed by atoms with Gasteiger partial charge in [0, 0.05) is 12.2 Å². The van der Waals surface area contributed by atoms with Crippen molar-refractivity contribution < 1.29 is 9.53 Å². The zero-order valence-corrected chi connectivity index (χ0v) is 10.8. The molecule has 0 unspecified atom stereocenters. The third-order valence-electron chi connectivity index (χ3n) is 2.14. The molecular formula is C13H20N2O2. The topological polar surface area (TPSA) is 64.3 Å². The molecule has 0 amide bonds. The smallest absolute Gasteiger partial charge is 0.338 e. The van der Waals surface area contributed by atoms with Crippen LogP contribution in [0.2, 0.25) is 0 Å². The van der Waals surface area contributed by atoms with E-state index >= 15 is 0 Å². The van der Waals surface area contributed by atoms with Crippen molar-refractivity contribution in [3.8, 4) is 0 Å². The van der Waals surface area contributed by atoms with Gasteiger partial charge in [0.15, 0.2) is 0 Å². The molecular weight excluding hydrogens is 216 g/mol. The second-order valence-corrected chi connectivity index (χ2v) is 4.95. The molecule has 1 aromatic rings. The Morgan fingerprint density at radius 1 is 1.41 bits per heavy atom. The highest BCUT2D eigenvalue weighted by atomic mass is 16.6. The van der Waals surface area contributed by atoms with Gasteiger partial charge in [0.2, 0.25) is 0 Å². The Balaban J connectivity index is 2.91. The van der Waals surface area contributed by atoms with Crippen molar-refractivity contribution in [1.29, 1.82) is 0 Å². The van der Waals surface area contributed by atoms with Crippen LogP contribution in [0.15, 0.2) is 18.2 Å². The molecule has 0 aliphatic rings. The lowest BCUT2D eigenvalue weighted by Crippen LogP contribution is -2.24. The summed E-state index contributed by atoms with van der Waals surface area (Å²) in [4.78, 5) is 11.8. The lowest BCUT2D eigenvalue weighted by Gasteiger charge is -2.19. The molecule has 0 heterocycles. The number of nitrogens with two attached hydrogens (primary N) is 1. The largest absolute Gasteiger partial charge is 0.456 e. The van der Waals surface area contributed by atoms with Crippen LogP contribution < -0.4 is 11.1 Å². The number of carbonyl (C=O) groups excluding carboxylic acids is 1. The standard InChI is InChI=1S/C13H20N2O2/c1-13(2,3)17-12(16)9-5-6-11(14)10(7-9)8-15-4/h5-7,15H,8,14H2,1-4H3. The van der Waals surface area contributed by atoms with Crippen molar-refractivity contribution in [3.05, 3.63) is 29.3 Å². The van der Waals surface area contributed by atoms with Crippen molar-refractivity contribution in [3.63, 3.8) is 0 Å². The molecule has 0 aliphatic carbocycles. The third-order valence-corrected chi connectivity index (χ3v) is 2.14. The van der Waals surface area contributed by atoms with E-state index in [-0.39, 0.29) is 5.97 Å². The zero-order valence-electron chi connectivity index (χ0n) is 10.8. The van der Waals surface area contributed by atoms with Crippen LogP contribution in [0.1, 0.15) is 36.7 Å². The Morgan fingerprint density at radius 3 is 2.59 bits per heavy atom. The molecule has 0 saturated heterocycles. The minimum Gasteiger partial charge on any atom is -0.456 e. The van der Waals surface area contributed by atoms with Crippen LogP contribution in [0.3, 0.4) is 0 Å². The fourth-order valence-electron chi connectivity index (χ4n) is 1.41. The molecule has 0 atom stereocenters. The first kappa shape index (κ1) is 13.5. The molecule has 0 spiro atoms. The number of ether oxygens (including phenoxy) is 1. The van der Waals surface area contributed by atoms with Gasteiger partial charge in [0.25, 0.3) is 0 Å². The molecule has 1 aromatic carbocycles. The first-order valence-electron chi connectivity index (χ1n) is 5.60. The molecule has 0 bridgehead atoms. The summed E-state index contributed by atoms with van der Waals surface area (Å²) >= 11 is 0. The molecule has 17 heavy (non-hydrogen) atoms. The number of benzene rings is 1. The fraction of sp³-hybridized carbons (Fsp3) is 0.462. The Kier molecular flexibility index (Phi) is 4.12. The van der Waals surface area contributed by atoms with Gasteiger partial charge < -0.3 is 15.8 Å². The van der Waals surface area contributed by atoms with Crippen molar-refractivity contribution in [1.82, 2.24) is 5.32 Å². The molecule has 94 valence electrons. The van der Waals surface area contributed by atoms with Crippen molar-refractivity contribution in [2.24, 2.45) is 0 Å². The van der Waals surface area contributed by atoms with E-state index in [1.165, 1.54) is 0 Å². The van der Waals surface area contributed by atoms with E-state index in [4.69, 9.17) is 10.5 Å². The first-order chi connectivity index (χ1) is 7.83. The van der Waals surface area contributed by atoms with Crippen LogP contribution in [0, 0.1) is 0 Å². The highest BCUT2D eigenvalue weighted by molar-refractivity contribution is 5.90. The van der Waals surface area contributed by atoms with E-state index in [0.29, 0.717) is 17.8 Å². The number of esters is 1. The van der Waals surface area contributed by atoms with E-state index < -0.39 is 5.60 Å². The molecule has 3 N–H and O–H groups in total. The highest BCUT2D eigenvalue weighted by Gasteiger charge is 2.18. The highest BCUT2D eigenvalue weighted by Crippen LogP contribution is 2.17. The lowest BCUT2D eigenvalue weighted by atomic mass is 10.1. The van der Waals surface area contributed by atoms with Gasteiger partial charge >= 0.3 is 5.97 Å². The maximum Gasteiger partial charge on any atom is 0.338 e. The number of nitrogens with one attached hydrogen (secondary N) is 1. The monoisotopic (exact) mass is 236 g/mol. The van der Waals surface area contributed by atoms with Crippen LogP contribution >= 0.6 is 0 Å². The van der Waals surface area contributed by atoms with Gasteiger partial charge in [0.05, 0.1) is 5.56 Å². The van der Waals surface area contributed by atoms with E-state index in [1.54, 1.807) is 18.2 Å². The summed E-state index contributed by atoms with van der Waals surface area (Å²) in [6.45, 7) is 6.16. The van der Waals surface area contributed by atoms with E-state index in [0.717, 1.165) is 5.56 Å². The first-order valence-corrected chi connectivity index (χ1v) is 5.60. The molecule has 1 rings (SSSR count).